The molecule has 3 aromatic heterocycles. The van der Waals surface area contributed by atoms with E-state index in [1.807, 2.05) is 61.5 Å². The zero-order valence-corrected chi connectivity index (χ0v) is 16.0. The van der Waals surface area contributed by atoms with E-state index in [0.29, 0.717) is 28.5 Å². The first-order valence-corrected chi connectivity index (χ1v) is 9.40. The van der Waals surface area contributed by atoms with Gasteiger partial charge in [0.05, 0.1) is 12.1 Å². The number of H-pyrrole nitrogens is 2. The Kier molecular flexibility index (Phi) is 4.17. The lowest BCUT2D eigenvalue weighted by atomic mass is 10.1. The average molecular weight is 399 g/mol. The molecule has 0 saturated heterocycles. The second-order valence-electron chi connectivity index (χ2n) is 7.02. The normalized spacial score (nSPS) is 11.2. The van der Waals surface area contributed by atoms with Gasteiger partial charge in [-0.2, -0.15) is 4.98 Å². The molecule has 8 heteroatoms. The first kappa shape index (κ1) is 17.9. The van der Waals surface area contributed by atoms with Crippen LogP contribution in [0.5, 0.6) is 0 Å². The van der Waals surface area contributed by atoms with E-state index in [1.165, 1.54) is 0 Å². The third-order valence-corrected chi connectivity index (χ3v) is 4.96. The molecule has 8 nitrogen and oxygen atoms in total. The fourth-order valence-electron chi connectivity index (χ4n) is 3.49. The lowest BCUT2D eigenvalue weighted by Gasteiger charge is -2.05. The molecule has 2 N–H and O–H groups in total. The lowest BCUT2D eigenvalue weighted by molar-refractivity contribution is 0.385. The molecule has 0 amide bonds. The van der Waals surface area contributed by atoms with Crippen LogP contribution < -0.4 is 11.2 Å². The largest absolute Gasteiger partial charge is 0.339 e. The fraction of sp³-hybridized carbons (Fsp3) is 0.0909. The second-order valence-corrected chi connectivity index (χ2v) is 7.02. The van der Waals surface area contributed by atoms with Crippen LogP contribution in [0.1, 0.15) is 17.1 Å². The minimum Gasteiger partial charge on any atom is -0.339 e. The Bertz CT molecular complexity index is 1490. The molecule has 0 radical (unpaired) electrons. The minimum atomic E-state index is -0.214. The average Bonchev–Trinajstić information content (AvgIpc) is 3.35. The van der Waals surface area contributed by atoms with Crippen molar-refractivity contribution in [2.24, 2.45) is 0 Å². The van der Waals surface area contributed by atoms with Crippen LogP contribution in [0.15, 0.2) is 74.9 Å². The highest BCUT2D eigenvalue weighted by Gasteiger charge is 2.13. The number of para-hydroxylation sites is 1. The fourth-order valence-corrected chi connectivity index (χ4v) is 3.49. The molecule has 3 heterocycles. The first-order chi connectivity index (χ1) is 14.6. The topological polar surface area (TPSA) is 110 Å². The van der Waals surface area contributed by atoms with Crippen LogP contribution in [0.4, 0.5) is 0 Å². The Morgan fingerprint density at radius 3 is 2.77 bits per heavy atom. The van der Waals surface area contributed by atoms with Crippen molar-refractivity contribution >= 4 is 10.9 Å². The van der Waals surface area contributed by atoms with Crippen LogP contribution >= 0.6 is 0 Å². The second kappa shape index (κ2) is 7.00. The van der Waals surface area contributed by atoms with Crippen molar-refractivity contribution in [3.63, 3.8) is 0 Å². The van der Waals surface area contributed by atoms with Gasteiger partial charge in [0.2, 0.25) is 11.7 Å². The zero-order valence-electron chi connectivity index (χ0n) is 16.0. The maximum atomic E-state index is 12.4. The van der Waals surface area contributed by atoms with Crippen LogP contribution in [0.3, 0.4) is 0 Å². The maximum absolute atomic E-state index is 12.4. The van der Waals surface area contributed by atoms with Gasteiger partial charge >= 0.3 is 5.69 Å². The Balaban J connectivity index is 1.47. The number of aromatic nitrogens is 5. The number of rotatable bonds is 4. The first-order valence-electron chi connectivity index (χ1n) is 9.40. The monoisotopic (exact) mass is 399 g/mol. The molecule has 0 saturated carbocycles. The highest BCUT2D eigenvalue weighted by Crippen LogP contribution is 2.20. The third kappa shape index (κ3) is 3.14. The van der Waals surface area contributed by atoms with E-state index >= 15 is 0 Å². The highest BCUT2D eigenvalue weighted by molar-refractivity contribution is 5.78. The molecule has 0 atom stereocenters. The van der Waals surface area contributed by atoms with Crippen molar-refractivity contribution in [3.05, 3.63) is 98.8 Å². The molecule has 0 aliphatic heterocycles. The predicted octanol–water partition coefficient (Wildman–Crippen LogP) is 2.96. The van der Waals surface area contributed by atoms with Crippen LogP contribution in [0.25, 0.3) is 28.0 Å². The molecule has 148 valence electrons. The van der Waals surface area contributed by atoms with E-state index in [-0.39, 0.29) is 17.7 Å². The molecule has 0 bridgehead atoms. The van der Waals surface area contributed by atoms with Gasteiger partial charge in [-0.3, -0.25) is 9.36 Å². The zero-order chi connectivity index (χ0) is 20.7. The van der Waals surface area contributed by atoms with Crippen molar-refractivity contribution in [2.45, 2.75) is 13.3 Å². The molecule has 0 unspecified atom stereocenters. The molecule has 0 fully saturated rings. The number of benzene rings is 2. The number of hydrogen-bond donors (Lipinski definition) is 2. The summed E-state index contributed by atoms with van der Waals surface area (Å²) in [5.74, 6) is 0.733. The van der Waals surface area contributed by atoms with E-state index in [9.17, 15) is 9.59 Å². The standard InChI is InChI=1S/C22H17N5O3/c1-13-12-23-22(29)27(13)17-7-4-6-15(10-17)20-25-19(30-26-20)11-16-9-14-5-2-3-8-18(14)24-21(16)28/h2-10,12H,11H2,1H3,(H,23,29)(H,24,28). The third-order valence-electron chi connectivity index (χ3n) is 4.96. The number of hydrogen-bond acceptors (Lipinski definition) is 5. The van der Waals surface area contributed by atoms with E-state index in [2.05, 4.69) is 20.1 Å². The Labute approximate surface area is 169 Å². The Morgan fingerprint density at radius 2 is 1.93 bits per heavy atom. The van der Waals surface area contributed by atoms with Gasteiger partial charge in [-0.15, -0.1) is 0 Å². The maximum Gasteiger partial charge on any atom is 0.330 e. The predicted molar refractivity (Wildman–Crippen MR) is 112 cm³/mol. The van der Waals surface area contributed by atoms with Gasteiger partial charge in [0.15, 0.2) is 0 Å². The smallest absolute Gasteiger partial charge is 0.330 e. The summed E-state index contributed by atoms with van der Waals surface area (Å²) < 4.78 is 6.95. The number of pyridine rings is 1. The van der Waals surface area contributed by atoms with Gasteiger partial charge in [0.1, 0.15) is 0 Å². The molecule has 0 spiro atoms. The Morgan fingerprint density at radius 1 is 1.07 bits per heavy atom. The number of aryl methyl sites for hydroxylation is 1. The van der Waals surface area contributed by atoms with Gasteiger partial charge < -0.3 is 14.5 Å². The number of aromatic amines is 2. The molecule has 30 heavy (non-hydrogen) atoms. The SMILES string of the molecule is Cc1c[nH]c(=O)n1-c1cccc(-c2noc(Cc3cc4ccccc4[nH]c3=O)n2)c1. The van der Waals surface area contributed by atoms with Gasteiger partial charge in [-0.1, -0.05) is 35.5 Å². The van der Waals surface area contributed by atoms with E-state index in [4.69, 9.17) is 4.52 Å². The summed E-state index contributed by atoms with van der Waals surface area (Å²) in [4.78, 5) is 34.4. The van der Waals surface area contributed by atoms with Crippen molar-refractivity contribution < 1.29 is 4.52 Å². The van der Waals surface area contributed by atoms with E-state index in [1.54, 1.807) is 10.8 Å². The van der Waals surface area contributed by atoms with Crippen LogP contribution in [-0.2, 0) is 6.42 Å². The van der Waals surface area contributed by atoms with Crippen LogP contribution in [0.2, 0.25) is 0 Å². The lowest BCUT2D eigenvalue weighted by Crippen LogP contribution is -2.15. The molecule has 5 rings (SSSR count). The Hall–Kier alpha value is -4.20. The number of fused-ring (bicyclic) bond motifs is 1. The van der Waals surface area contributed by atoms with Crippen molar-refractivity contribution in [3.8, 4) is 17.1 Å². The molecule has 0 aliphatic carbocycles. The quantitative estimate of drug-likeness (QED) is 0.483. The van der Waals surface area contributed by atoms with Crippen LogP contribution in [-0.4, -0.2) is 24.7 Å². The van der Waals surface area contributed by atoms with Gasteiger partial charge in [-0.25, -0.2) is 4.79 Å². The summed E-state index contributed by atoms with van der Waals surface area (Å²) in [6.45, 7) is 1.85. The molecule has 2 aromatic carbocycles. The summed E-state index contributed by atoms with van der Waals surface area (Å²) in [6.07, 6.45) is 1.88. The van der Waals surface area contributed by atoms with Crippen molar-refractivity contribution in [1.29, 1.82) is 0 Å². The molecular formula is C22H17N5O3. The van der Waals surface area contributed by atoms with Gasteiger partial charge in [-0.05, 0) is 36.6 Å². The molecule has 0 aliphatic rings. The summed E-state index contributed by atoms with van der Waals surface area (Å²) >= 11 is 0. The highest BCUT2D eigenvalue weighted by atomic mass is 16.5. The minimum absolute atomic E-state index is 0.183. The van der Waals surface area contributed by atoms with Gasteiger partial charge in [0, 0.05) is 28.5 Å². The van der Waals surface area contributed by atoms with Crippen LogP contribution in [0, 0.1) is 6.92 Å². The van der Waals surface area contributed by atoms with Crippen molar-refractivity contribution in [2.75, 3.05) is 0 Å². The summed E-state index contributed by atoms with van der Waals surface area (Å²) in [6, 6.07) is 16.7. The van der Waals surface area contributed by atoms with Crippen molar-refractivity contribution in [1.82, 2.24) is 24.7 Å². The summed E-state index contributed by atoms with van der Waals surface area (Å²) in [5.41, 5.74) is 3.14. The van der Waals surface area contributed by atoms with Gasteiger partial charge in [0.25, 0.3) is 5.56 Å². The number of nitrogens with one attached hydrogen (secondary N) is 2. The number of imidazole rings is 1. The number of nitrogens with zero attached hydrogens (tertiary/aromatic N) is 3. The van der Waals surface area contributed by atoms with E-state index < -0.39 is 0 Å². The summed E-state index contributed by atoms with van der Waals surface area (Å²) in [7, 11) is 0. The molecular weight excluding hydrogens is 382 g/mol. The summed E-state index contributed by atoms with van der Waals surface area (Å²) in [5, 5.41) is 4.99. The van der Waals surface area contributed by atoms with E-state index in [0.717, 1.165) is 16.6 Å². The molecule has 5 aromatic rings.